The van der Waals surface area contributed by atoms with E-state index in [4.69, 9.17) is 0 Å². The molecule has 0 saturated carbocycles. The van der Waals surface area contributed by atoms with E-state index in [9.17, 15) is 4.79 Å². The molecule has 1 atom stereocenters. The highest BCUT2D eigenvalue weighted by molar-refractivity contribution is 5.77. The average Bonchev–Trinajstić information content (AvgIpc) is 2.48. The third kappa shape index (κ3) is 3.83. The number of nitrogens with one attached hydrogen (secondary N) is 1. The fourth-order valence-corrected chi connectivity index (χ4v) is 2.63. The van der Waals surface area contributed by atoms with E-state index in [2.05, 4.69) is 50.4 Å². The molecule has 1 heterocycles. The van der Waals surface area contributed by atoms with Gasteiger partial charge in [-0.25, -0.2) is 0 Å². The Morgan fingerprint density at radius 2 is 1.65 bits per heavy atom. The van der Waals surface area contributed by atoms with E-state index in [0.29, 0.717) is 18.3 Å². The van der Waals surface area contributed by atoms with Crippen molar-refractivity contribution in [3.63, 3.8) is 0 Å². The summed E-state index contributed by atoms with van der Waals surface area (Å²) in [6, 6.07) is 8.72. The Labute approximate surface area is 122 Å². The maximum absolute atomic E-state index is 12.3. The average molecular weight is 274 g/mol. The summed E-state index contributed by atoms with van der Waals surface area (Å²) in [5, 5.41) is 3.28. The summed E-state index contributed by atoms with van der Waals surface area (Å²) in [5.74, 6) is 1.13. The topological polar surface area (TPSA) is 32.3 Å². The molecule has 1 saturated heterocycles. The van der Waals surface area contributed by atoms with Crippen molar-refractivity contribution in [3.8, 4) is 0 Å². The molecule has 0 spiro atoms. The van der Waals surface area contributed by atoms with E-state index >= 15 is 0 Å². The second kappa shape index (κ2) is 6.89. The summed E-state index contributed by atoms with van der Waals surface area (Å²) < 4.78 is 0. The summed E-state index contributed by atoms with van der Waals surface area (Å²) in [6.07, 6.45) is 0.612. The standard InChI is InChI=1S/C17H26N2O/c1-13(2)15-4-6-16(7-5-15)14(3)12-17(20)19-10-8-18-9-11-19/h4-7,13-14,18H,8-12H2,1-3H3. The molecule has 1 aromatic carbocycles. The van der Waals surface area contributed by atoms with Gasteiger partial charge in [0.05, 0.1) is 0 Å². The van der Waals surface area contributed by atoms with Gasteiger partial charge >= 0.3 is 0 Å². The molecule has 1 unspecified atom stereocenters. The van der Waals surface area contributed by atoms with Crippen molar-refractivity contribution in [2.75, 3.05) is 26.2 Å². The van der Waals surface area contributed by atoms with E-state index in [1.807, 2.05) is 4.90 Å². The normalized spacial score (nSPS) is 17.3. The van der Waals surface area contributed by atoms with Gasteiger partial charge in [0.2, 0.25) is 5.91 Å². The Balaban J connectivity index is 1.93. The van der Waals surface area contributed by atoms with Gasteiger partial charge in [-0.15, -0.1) is 0 Å². The van der Waals surface area contributed by atoms with Gasteiger partial charge in [-0.05, 0) is 23.0 Å². The van der Waals surface area contributed by atoms with Gasteiger partial charge in [-0.1, -0.05) is 45.0 Å². The Bertz CT molecular complexity index is 433. The van der Waals surface area contributed by atoms with Crippen LogP contribution < -0.4 is 5.32 Å². The van der Waals surface area contributed by atoms with Crippen LogP contribution in [0.15, 0.2) is 24.3 Å². The zero-order chi connectivity index (χ0) is 14.5. The van der Waals surface area contributed by atoms with Crippen molar-refractivity contribution in [3.05, 3.63) is 35.4 Å². The largest absolute Gasteiger partial charge is 0.340 e. The lowest BCUT2D eigenvalue weighted by atomic mass is 9.94. The van der Waals surface area contributed by atoms with Crippen LogP contribution in [0.2, 0.25) is 0 Å². The predicted molar refractivity (Wildman–Crippen MR) is 83.0 cm³/mol. The molecule has 3 nitrogen and oxygen atoms in total. The Kier molecular flexibility index (Phi) is 5.18. The molecule has 2 rings (SSSR count). The van der Waals surface area contributed by atoms with E-state index in [0.717, 1.165) is 26.2 Å². The summed E-state index contributed by atoms with van der Waals surface area (Å²) in [5.41, 5.74) is 2.62. The molecule has 1 N–H and O–H groups in total. The second-order valence-electron chi connectivity index (χ2n) is 6.06. The first kappa shape index (κ1) is 15.0. The van der Waals surface area contributed by atoms with Crippen LogP contribution in [0, 0.1) is 0 Å². The van der Waals surface area contributed by atoms with Crippen LogP contribution >= 0.6 is 0 Å². The van der Waals surface area contributed by atoms with Crippen LogP contribution in [0.1, 0.15) is 50.2 Å². The number of carbonyl (C=O) groups excluding carboxylic acids is 1. The SMILES string of the molecule is CC(C)c1ccc(C(C)CC(=O)N2CCNCC2)cc1. The minimum atomic E-state index is 0.284. The van der Waals surface area contributed by atoms with Crippen molar-refractivity contribution < 1.29 is 4.79 Å². The monoisotopic (exact) mass is 274 g/mol. The maximum Gasteiger partial charge on any atom is 0.223 e. The molecule has 0 aromatic heterocycles. The van der Waals surface area contributed by atoms with Crippen LogP contribution in [0.5, 0.6) is 0 Å². The number of piperazine rings is 1. The lowest BCUT2D eigenvalue weighted by molar-refractivity contribution is -0.132. The van der Waals surface area contributed by atoms with Crippen molar-refractivity contribution in [2.45, 2.75) is 39.0 Å². The third-order valence-electron chi connectivity index (χ3n) is 4.12. The lowest BCUT2D eigenvalue weighted by Gasteiger charge is -2.28. The zero-order valence-corrected chi connectivity index (χ0v) is 12.9. The predicted octanol–water partition coefficient (Wildman–Crippen LogP) is 2.74. The maximum atomic E-state index is 12.3. The molecular weight excluding hydrogens is 248 g/mol. The summed E-state index contributed by atoms with van der Waals surface area (Å²) >= 11 is 0. The number of amides is 1. The molecule has 1 amide bonds. The first-order valence-electron chi connectivity index (χ1n) is 7.66. The Morgan fingerprint density at radius 1 is 1.10 bits per heavy atom. The van der Waals surface area contributed by atoms with E-state index in [1.165, 1.54) is 11.1 Å². The Morgan fingerprint density at radius 3 is 2.20 bits per heavy atom. The van der Waals surface area contributed by atoms with Gasteiger partial charge in [0.15, 0.2) is 0 Å². The number of rotatable bonds is 4. The van der Waals surface area contributed by atoms with E-state index in [1.54, 1.807) is 0 Å². The van der Waals surface area contributed by atoms with Gasteiger partial charge in [0.1, 0.15) is 0 Å². The van der Waals surface area contributed by atoms with Crippen LogP contribution in [0.3, 0.4) is 0 Å². The second-order valence-corrected chi connectivity index (χ2v) is 6.06. The highest BCUT2D eigenvalue weighted by Crippen LogP contribution is 2.23. The van der Waals surface area contributed by atoms with Gasteiger partial charge < -0.3 is 10.2 Å². The number of benzene rings is 1. The number of hydrogen-bond acceptors (Lipinski definition) is 2. The highest BCUT2D eigenvalue weighted by atomic mass is 16.2. The first-order valence-corrected chi connectivity index (χ1v) is 7.66. The van der Waals surface area contributed by atoms with E-state index < -0.39 is 0 Å². The zero-order valence-electron chi connectivity index (χ0n) is 12.9. The summed E-state index contributed by atoms with van der Waals surface area (Å²) in [4.78, 5) is 14.2. The molecular formula is C17H26N2O. The lowest BCUT2D eigenvalue weighted by Crippen LogP contribution is -2.46. The minimum absolute atomic E-state index is 0.284. The fraction of sp³-hybridized carbons (Fsp3) is 0.588. The van der Waals surface area contributed by atoms with Crippen molar-refractivity contribution in [1.29, 1.82) is 0 Å². The molecule has 20 heavy (non-hydrogen) atoms. The van der Waals surface area contributed by atoms with Crippen molar-refractivity contribution >= 4 is 5.91 Å². The highest BCUT2D eigenvalue weighted by Gasteiger charge is 2.19. The molecule has 0 aliphatic carbocycles. The smallest absolute Gasteiger partial charge is 0.223 e. The molecule has 3 heteroatoms. The molecule has 1 aliphatic heterocycles. The van der Waals surface area contributed by atoms with Gasteiger partial charge in [-0.3, -0.25) is 4.79 Å². The fourth-order valence-electron chi connectivity index (χ4n) is 2.63. The molecule has 0 radical (unpaired) electrons. The number of nitrogens with zero attached hydrogens (tertiary/aromatic N) is 1. The van der Waals surface area contributed by atoms with Gasteiger partial charge in [-0.2, -0.15) is 0 Å². The van der Waals surface area contributed by atoms with Crippen LogP contribution in [0.4, 0.5) is 0 Å². The number of carbonyl (C=O) groups is 1. The van der Waals surface area contributed by atoms with Gasteiger partial charge in [0.25, 0.3) is 0 Å². The molecule has 1 fully saturated rings. The van der Waals surface area contributed by atoms with Crippen LogP contribution in [0.25, 0.3) is 0 Å². The van der Waals surface area contributed by atoms with Gasteiger partial charge in [0, 0.05) is 32.6 Å². The Hall–Kier alpha value is -1.35. The summed E-state index contributed by atoms with van der Waals surface area (Å²) in [6.45, 7) is 10.1. The van der Waals surface area contributed by atoms with Crippen LogP contribution in [-0.2, 0) is 4.79 Å². The summed E-state index contributed by atoms with van der Waals surface area (Å²) in [7, 11) is 0. The minimum Gasteiger partial charge on any atom is -0.340 e. The van der Waals surface area contributed by atoms with Crippen molar-refractivity contribution in [2.24, 2.45) is 0 Å². The molecule has 0 bridgehead atoms. The number of hydrogen-bond donors (Lipinski definition) is 1. The first-order chi connectivity index (χ1) is 9.58. The molecule has 1 aliphatic rings. The quantitative estimate of drug-likeness (QED) is 0.915. The van der Waals surface area contributed by atoms with Crippen molar-refractivity contribution in [1.82, 2.24) is 10.2 Å². The molecule has 110 valence electrons. The van der Waals surface area contributed by atoms with E-state index in [-0.39, 0.29) is 5.91 Å². The van der Waals surface area contributed by atoms with Crippen LogP contribution in [-0.4, -0.2) is 37.0 Å². The molecule has 1 aromatic rings. The third-order valence-corrected chi connectivity index (χ3v) is 4.12.